The zero-order chi connectivity index (χ0) is 19.0. The van der Waals surface area contributed by atoms with Crippen LogP contribution in [0.25, 0.3) is 0 Å². The average molecular weight is 373 g/mol. The van der Waals surface area contributed by atoms with Crippen LogP contribution in [0.4, 0.5) is 5.00 Å². The summed E-state index contributed by atoms with van der Waals surface area (Å²) in [5.74, 6) is -1.48. The standard InChI is InChI=1S/C19H19NO5S/c1-9-5-6-12-8-14(25-18(22)13(12)7-9)16(21)20-17-15(19(23)24-4)10(2)11(3)26-17/h5-7,14H,8H2,1-4H3,(H,20,21)/t14-/m0/s1. The zero-order valence-electron chi connectivity index (χ0n) is 15.0. The van der Waals surface area contributed by atoms with Crippen molar-refractivity contribution in [1.82, 2.24) is 0 Å². The summed E-state index contributed by atoms with van der Waals surface area (Å²) in [6.45, 7) is 5.55. The van der Waals surface area contributed by atoms with Crippen LogP contribution in [0.5, 0.6) is 0 Å². The van der Waals surface area contributed by atoms with Crippen LogP contribution in [-0.4, -0.2) is 31.1 Å². The highest BCUT2D eigenvalue weighted by molar-refractivity contribution is 7.16. The molecular formula is C19H19NO5S. The number of amides is 1. The predicted molar refractivity (Wildman–Crippen MR) is 97.8 cm³/mol. The summed E-state index contributed by atoms with van der Waals surface area (Å²) in [6, 6.07) is 5.49. The summed E-state index contributed by atoms with van der Waals surface area (Å²) >= 11 is 1.29. The van der Waals surface area contributed by atoms with Crippen molar-refractivity contribution in [2.24, 2.45) is 0 Å². The first-order valence-corrected chi connectivity index (χ1v) is 8.93. The lowest BCUT2D eigenvalue weighted by Gasteiger charge is -2.24. The Hall–Kier alpha value is -2.67. The van der Waals surface area contributed by atoms with E-state index in [0.717, 1.165) is 21.6 Å². The van der Waals surface area contributed by atoms with Crippen molar-refractivity contribution in [3.05, 3.63) is 50.9 Å². The Kier molecular flexibility index (Phi) is 4.82. The highest BCUT2D eigenvalue weighted by Crippen LogP contribution is 2.33. The summed E-state index contributed by atoms with van der Waals surface area (Å²) in [7, 11) is 1.29. The fourth-order valence-corrected chi connectivity index (χ4v) is 3.95. The molecule has 1 amide bonds. The van der Waals surface area contributed by atoms with Gasteiger partial charge >= 0.3 is 11.9 Å². The SMILES string of the molecule is COC(=O)c1c(NC(=O)[C@@H]2Cc3ccc(C)cc3C(=O)O2)sc(C)c1C. The number of methoxy groups -OCH3 is 1. The summed E-state index contributed by atoms with van der Waals surface area (Å²) in [5.41, 5.74) is 3.32. The summed E-state index contributed by atoms with van der Waals surface area (Å²) in [4.78, 5) is 37.8. The van der Waals surface area contributed by atoms with E-state index in [1.807, 2.05) is 26.0 Å². The molecule has 2 heterocycles. The largest absolute Gasteiger partial charge is 0.465 e. The Morgan fingerprint density at radius 2 is 2.00 bits per heavy atom. The Morgan fingerprint density at radius 1 is 1.27 bits per heavy atom. The fourth-order valence-electron chi connectivity index (χ4n) is 2.89. The van der Waals surface area contributed by atoms with Crippen molar-refractivity contribution < 1.29 is 23.9 Å². The van der Waals surface area contributed by atoms with Gasteiger partial charge in [-0.3, -0.25) is 4.79 Å². The number of aryl methyl sites for hydroxylation is 2. The molecule has 3 rings (SSSR count). The van der Waals surface area contributed by atoms with Crippen LogP contribution in [0.1, 0.15) is 42.3 Å². The Balaban J connectivity index is 1.84. The second kappa shape index (κ2) is 6.92. The molecule has 136 valence electrons. The molecular weight excluding hydrogens is 354 g/mol. The first-order valence-electron chi connectivity index (χ1n) is 8.11. The number of esters is 2. The van der Waals surface area contributed by atoms with Crippen molar-refractivity contribution in [3.8, 4) is 0 Å². The van der Waals surface area contributed by atoms with Gasteiger partial charge in [-0.15, -0.1) is 11.3 Å². The van der Waals surface area contributed by atoms with Crippen molar-refractivity contribution in [2.75, 3.05) is 12.4 Å². The number of rotatable bonds is 3. The van der Waals surface area contributed by atoms with Gasteiger partial charge in [0.25, 0.3) is 5.91 Å². The third-order valence-electron chi connectivity index (χ3n) is 4.44. The summed E-state index contributed by atoms with van der Waals surface area (Å²) in [5, 5.41) is 3.13. The van der Waals surface area contributed by atoms with Crippen LogP contribution in [-0.2, 0) is 20.7 Å². The molecule has 1 aromatic heterocycles. The number of nitrogens with one attached hydrogen (secondary N) is 1. The number of ether oxygens (including phenoxy) is 2. The molecule has 0 spiro atoms. The van der Waals surface area contributed by atoms with Gasteiger partial charge in [-0.1, -0.05) is 17.7 Å². The second-order valence-corrected chi connectivity index (χ2v) is 7.45. The number of cyclic esters (lactones) is 1. The van der Waals surface area contributed by atoms with E-state index >= 15 is 0 Å². The Bertz CT molecular complexity index is 915. The number of carbonyl (C=O) groups is 3. The fraction of sp³-hybridized carbons (Fsp3) is 0.316. The molecule has 2 aromatic rings. The molecule has 0 saturated carbocycles. The maximum Gasteiger partial charge on any atom is 0.341 e. The highest BCUT2D eigenvalue weighted by atomic mass is 32.1. The van der Waals surface area contributed by atoms with Gasteiger partial charge in [-0.05, 0) is 38.0 Å². The third kappa shape index (κ3) is 3.22. The molecule has 0 aliphatic carbocycles. The summed E-state index contributed by atoms with van der Waals surface area (Å²) in [6.07, 6.45) is -0.643. The molecule has 26 heavy (non-hydrogen) atoms. The monoisotopic (exact) mass is 373 g/mol. The van der Waals surface area contributed by atoms with Crippen LogP contribution in [0.2, 0.25) is 0 Å². The van der Waals surface area contributed by atoms with Gasteiger partial charge in [0.05, 0.1) is 18.2 Å². The Labute approximate surface area is 155 Å². The molecule has 7 heteroatoms. The van der Waals surface area contributed by atoms with Crippen LogP contribution in [0, 0.1) is 20.8 Å². The predicted octanol–water partition coefficient (Wildman–Crippen LogP) is 3.18. The van der Waals surface area contributed by atoms with Gasteiger partial charge < -0.3 is 14.8 Å². The van der Waals surface area contributed by atoms with Gasteiger partial charge in [0.1, 0.15) is 5.00 Å². The van der Waals surface area contributed by atoms with E-state index in [9.17, 15) is 14.4 Å². The van der Waals surface area contributed by atoms with Gasteiger partial charge in [-0.25, -0.2) is 9.59 Å². The number of thiophene rings is 1. The lowest BCUT2D eigenvalue weighted by molar-refractivity contribution is -0.125. The van der Waals surface area contributed by atoms with E-state index in [-0.39, 0.29) is 0 Å². The topological polar surface area (TPSA) is 81.7 Å². The zero-order valence-corrected chi connectivity index (χ0v) is 15.8. The molecule has 0 saturated heterocycles. The van der Waals surface area contributed by atoms with Gasteiger partial charge in [0.2, 0.25) is 0 Å². The maximum absolute atomic E-state index is 12.6. The van der Waals surface area contributed by atoms with E-state index in [1.165, 1.54) is 18.4 Å². The van der Waals surface area contributed by atoms with Crippen molar-refractivity contribution in [2.45, 2.75) is 33.3 Å². The van der Waals surface area contributed by atoms with Gasteiger partial charge in [-0.2, -0.15) is 0 Å². The van der Waals surface area contributed by atoms with Gasteiger partial charge in [0, 0.05) is 11.3 Å². The normalized spacial score (nSPS) is 15.8. The molecule has 1 aliphatic rings. The van der Waals surface area contributed by atoms with E-state index < -0.39 is 23.9 Å². The minimum atomic E-state index is -0.939. The molecule has 0 fully saturated rings. The lowest BCUT2D eigenvalue weighted by atomic mass is 9.96. The number of hydrogen-bond donors (Lipinski definition) is 1. The minimum absolute atomic E-state index is 0.296. The number of benzene rings is 1. The molecule has 0 bridgehead atoms. The molecule has 0 radical (unpaired) electrons. The van der Waals surface area contributed by atoms with Gasteiger partial charge in [0.15, 0.2) is 6.10 Å². The van der Waals surface area contributed by atoms with Crippen LogP contribution in [0.15, 0.2) is 18.2 Å². The van der Waals surface area contributed by atoms with Crippen molar-refractivity contribution in [1.29, 1.82) is 0 Å². The van der Waals surface area contributed by atoms with Crippen LogP contribution < -0.4 is 5.32 Å². The number of hydrogen-bond acceptors (Lipinski definition) is 6. The smallest absolute Gasteiger partial charge is 0.341 e. The number of fused-ring (bicyclic) bond motifs is 1. The van der Waals surface area contributed by atoms with E-state index in [2.05, 4.69) is 5.32 Å². The molecule has 1 aromatic carbocycles. The third-order valence-corrected chi connectivity index (χ3v) is 5.57. The number of anilines is 1. The van der Waals surface area contributed by atoms with Crippen LogP contribution in [0.3, 0.4) is 0 Å². The minimum Gasteiger partial charge on any atom is -0.465 e. The Morgan fingerprint density at radius 3 is 2.69 bits per heavy atom. The average Bonchev–Trinajstić information content (AvgIpc) is 2.88. The molecule has 1 atom stereocenters. The number of carbonyl (C=O) groups excluding carboxylic acids is 3. The molecule has 0 unspecified atom stereocenters. The molecule has 1 aliphatic heterocycles. The van der Waals surface area contributed by atoms with Crippen molar-refractivity contribution >= 4 is 34.2 Å². The van der Waals surface area contributed by atoms with Crippen LogP contribution >= 0.6 is 11.3 Å². The van der Waals surface area contributed by atoms with Crippen molar-refractivity contribution in [3.63, 3.8) is 0 Å². The lowest BCUT2D eigenvalue weighted by Crippen LogP contribution is -2.38. The first-order chi connectivity index (χ1) is 12.3. The molecule has 1 N–H and O–H groups in total. The molecule has 6 nitrogen and oxygen atoms in total. The van der Waals surface area contributed by atoms with E-state index in [0.29, 0.717) is 22.5 Å². The quantitative estimate of drug-likeness (QED) is 0.836. The van der Waals surface area contributed by atoms with E-state index in [4.69, 9.17) is 9.47 Å². The highest BCUT2D eigenvalue weighted by Gasteiger charge is 2.32. The maximum atomic E-state index is 12.6. The first kappa shape index (κ1) is 18.1. The second-order valence-electron chi connectivity index (χ2n) is 6.23. The van der Waals surface area contributed by atoms with E-state index in [1.54, 1.807) is 13.0 Å². The summed E-state index contributed by atoms with van der Waals surface area (Å²) < 4.78 is 10.1.